The third-order valence-electron chi connectivity index (χ3n) is 2.61. The Morgan fingerprint density at radius 1 is 0.947 bits per heavy atom. The van der Waals surface area contributed by atoms with Gasteiger partial charge in [-0.1, -0.05) is 6.07 Å². The predicted molar refractivity (Wildman–Crippen MR) is 65.2 cm³/mol. The van der Waals surface area contributed by atoms with Gasteiger partial charge in [0.05, 0.1) is 6.04 Å². The molecule has 0 aliphatic heterocycles. The van der Waals surface area contributed by atoms with Crippen molar-refractivity contribution >= 4 is 0 Å². The van der Waals surface area contributed by atoms with Crippen LogP contribution >= 0.6 is 0 Å². The Kier molecular flexibility index (Phi) is 4.06. The van der Waals surface area contributed by atoms with Crippen LogP contribution in [0.5, 0.6) is 5.75 Å². The van der Waals surface area contributed by atoms with Gasteiger partial charge in [0.25, 0.3) is 0 Å². The molecular weight excluding hydrogens is 255 g/mol. The van der Waals surface area contributed by atoms with Crippen LogP contribution in [0.4, 0.5) is 13.2 Å². The summed E-state index contributed by atoms with van der Waals surface area (Å²) in [5.41, 5.74) is 5.93. The lowest BCUT2D eigenvalue weighted by molar-refractivity contribution is 0.287. The normalized spacial score (nSPS) is 12.2. The lowest BCUT2D eigenvalue weighted by atomic mass is 10.1. The summed E-state index contributed by atoms with van der Waals surface area (Å²) < 4.78 is 44.2. The van der Waals surface area contributed by atoms with Crippen molar-refractivity contribution in [3.05, 3.63) is 65.5 Å². The summed E-state index contributed by atoms with van der Waals surface area (Å²) in [5, 5.41) is 0. The fraction of sp³-hybridized carbons (Fsp3) is 0.143. The van der Waals surface area contributed by atoms with Crippen molar-refractivity contribution in [3.63, 3.8) is 0 Å². The van der Waals surface area contributed by atoms with Gasteiger partial charge >= 0.3 is 0 Å². The van der Waals surface area contributed by atoms with E-state index in [1.165, 1.54) is 30.3 Å². The second-order valence-corrected chi connectivity index (χ2v) is 4.04. The molecule has 5 heteroatoms. The van der Waals surface area contributed by atoms with Gasteiger partial charge in [0.15, 0.2) is 0 Å². The van der Waals surface area contributed by atoms with Crippen molar-refractivity contribution in [2.24, 2.45) is 5.73 Å². The van der Waals surface area contributed by atoms with Crippen molar-refractivity contribution in [1.82, 2.24) is 0 Å². The number of hydrogen-bond donors (Lipinski definition) is 1. The first-order chi connectivity index (χ1) is 9.06. The molecule has 0 spiro atoms. The van der Waals surface area contributed by atoms with E-state index in [4.69, 9.17) is 10.5 Å². The molecule has 0 saturated carbocycles. The highest BCUT2D eigenvalue weighted by Crippen LogP contribution is 2.18. The molecule has 100 valence electrons. The second-order valence-electron chi connectivity index (χ2n) is 4.04. The maximum absolute atomic E-state index is 13.5. The van der Waals surface area contributed by atoms with Crippen LogP contribution in [0.1, 0.15) is 11.6 Å². The van der Waals surface area contributed by atoms with Crippen molar-refractivity contribution in [3.8, 4) is 5.75 Å². The maximum Gasteiger partial charge on any atom is 0.131 e. The van der Waals surface area contributed by atoms with Crippen LogP contribution < -0.4 is 10.5 Å². The molecule has 0 radical (unpaired) electrons. The lowest BCUT2D eigenvalue weighted by Crippen LogP contribution is -2.20. The van der Waals surface area contributed by atoms with E-state index in [1.54, 1.807) is 0 Å². The van der Waals surface area contributed by atoms with E-state index in [9.17, 15) is 13.2 Å². The molecule has 0 fully saturated rings. The van der Waals surface area contributed by atoms with E-state index in [2.05, 4.69) is 0 Å². The minimum absolute atomic E-state index is 0.00812. The topological polar surface area (TPSA) is 35.2 Å². The zero-order valence-corrected chi connectivity index (χ0v) is 9.95. The summed E-state index contributed by atoms with van der Waals surface area (Å²) >= 11 is 0. The van der Waals surface area contributed by atoms with Crippen LogP contribution in [-0.4, -0.2) is 6.61 Å². The van der Waals surface area contributed by atoms with E-state index >= 15 is 0 Å². The van der Waals surface area contributed by atoms with Crippen LogP contribution in [0, 0.1) is 17.5 Å². The number of benzene rings is 2. The van der Waals surface area contributed by atoms with Crippen LogP contribution in [0.3, 0.4) is 0 Å². The van der Waals surface area contributed by atoms with Gasteiger partial charge < -0.3 is 10.5 Å². The first-order valence-corrected chi connectivity index (χ1v) is 5.65. The first-order valence-electron chi connectivity index (χ1n) is 5.65. The predicted octanol–water partition coefficient (Wildman–Crippen LogP) is 3.18. The minimum atomic E-state index is -0.731. The van der Waals surface area contributed by atoms with Crippen LogP contribution in [0.2, 0.25) is 0 Å². The molecule has 0 saturated heterocycles. The molecule has 2 rings (SSSR count). The summed E-state index contributed by atoms with van der Waals surface area (Å²) in [4.78, 5) is 0. The SMILES string of the molecule is NC(COc1ccc(F)cc1)c1ccc(F)cc1F. The largest absolute Gasteiger partial charge is 0.492 e. The summed E-state index contributed by atoms with van der Waals surface area (Å²) in [6.07, 6.45) is 0. The Morgan fingerprint density at radius 2 is 1.58 bits per heavy atom. The van der Waals surface area contributed by atoms with Gasteiger partial charge in [-0.15, -0.1) is 0 Å². The molecule has 0 bridgehead atoms. The monoisotopic (exact) mass is 267 g/mol. The molecule has 0 amide bonds. The fourth-order valence-corrected chi connectivity index (χ4v) is 1.61. The Hall–Kier alpha value is -2.01. The molecule has 0 aliphatic carbocycles. The maximum atomic E-state index is 13.5. The van der Waals surface area contributed by atoms with E-state index in [-0.39, 0.29) is 18.0 Å². The third-order valence-corrected chi connectivity index (χ3v) is 2.61. The Labute approximate surface area is 108 Å². The minimum Gasteiger partial charge on any atom is -0.492 e. The Bertz CT molecular complexity index is 557. The van der Waals surface area contributed by atoms with Gasteiger partial charge in [0.2, 0.25) is 0 Å². The highest BCUT2D eigenvalue weighted by atomic mass is 19.1. The van der Waals surface area contributed by atoms with Crippen molar-refractivity contribution < 1.29 is 17.9 Å². The van der Waals surface area contributed by atoms with E-state index in [1.807, 2.05) is 0 Å². The molecule has 0 heterocycles. The molecule has 2 nitrogen and oxygen atoms in total. The average Bonchev–Trinajstić information content (AvgIpc) is 2.37. The molecule has 19 heavy (non-hydrogen) atoms. The van der Waals surface area contributed by atoms with Crippen LogP contribution in [0.15, 0.2) is 42.5 Å². The average molecular weight is 267 g/mol. The highest BCUT2D eigenvalue weighted by molar-refractivity contribution is 5.24. The van der Waals surface area contributed by atoms with Crippen molar-refractivity contribution in [2.75, 3.05) is 6.61 Å². The molecule has 1 unspecified atom stereocenters. The third kappa shape index (κ3) is 3.48. The molecule has 0 aromatic heterocycles. The number of hydrogen-bond acceptors (Lipinski definition) is 2. The number of nitrogens with two attached hydrogens (primary N) is 1. The smallest absolute Gasteiger partial charge is 0.131 e. The lowest BCUT2D eigenvalue weighted by Gasteiger charge is -2.14. The molecule has 2 N–H and O–H groups in total. The molecule has 2 aromatic rings. The summed E-state index contributed by atoms with van der Waals surface area (Å²) in [6.45, 7) is 0.00812. The zero-order valence-electron chi connectivity index (χ0n) is 9.95. The molecule has 1 atom stereocenters. The van der Waals surface area contributed by atoms with Crippen molar-refractivity contribution in [1.29, 1.82) is 0 Å². The van der Waals surface area contributed by atoms with E-state index in [0.29, 0.717) is 5.75 Å². The Morgan fingerprint density at radius 3 is 2.21 bits per heavy atom. The van der Waals surface area contributed by atoms with E-state index in [0.717, 1.165) is 12.1 Å². The Balaban J connectivity index is 2.01. The molecule has 2 aromatic carbocycles. The summed E-state index contributed by atoms with van der Waals surface area (Å²) in [6, 6.07) is 7.85. The summed E-state index contributed by atoms with van der Waals surface area (Å²) in [5.74, 6) is -1.32. The number of halogens is 3. The van der Waals surface area contributed by atoms with Gasteiger partial charge in [0, 0.05) is 11.6 Å². The standard InChI is InChI=1S/C14H12F3NO/c15-9-1-4-11(5-2-9)19-8-14(18)12-6-3-10(16)7-13(12)17/h1-7,14H,8,18H2. The van der Waals surface area contributed by atoms with Crippen LogP contribution in [0.25, 0.3) is 0 Å². The summed E-state index contributed by atoms with van der Waals surface area (Å²) in [7, 11) is 0. The van der Waals surface area contributed by atoms with E-state index < -0.39 is 17.7 Å². The molecular formula is C14H12F3NO. The van der Waals surface area contributed by atoms with Gasteiger partial charge in [-0.25, -0.2) is 13.2 Å². The van der Waals surface area contributed by atoms with Gasteiger partial charge in [-0.05, 0) is 30.3 Å². The zero-order chi connectivity index (χ0) is 13.8. The first kappa shape index (κ1) is 13.4. The van der Waals surface area contributed by atoms with Crippen LogP contribution in [-0.2, 0) is 0 Å². The quantitative estimate of drug-likeness (QED) is 0.923. The van der Waals surface area contributed by atoms with Gasteiger partial charge in [0.1, 0.15) is 29.8 Å². The second kappa shape index (κ2) is 5.75. The number of ether oxygens (including phenoxy) is 1. The van der Waals surface area contributed by atoms with Gasteiger partial charge in [-0.2, -0.15) is 0 Å². The fourth-order valence-electron chi connectivity index (χ4n) is 1.61. The van der Waals surface area contributed by atoms with Gasteiger partial charge in [-0.3, -0.25) is 0 Å². The van der Waals surface area contributed by atoms with Crippen molar-refractivity contribution in [2.45, 2.75) is 6.04 Å². The number of rotatable bonds is 4. The highest BCUT2D eigenvalue weighted by Gasteiger charge is 2.13. The molecule has 0 aliphatic rings.